The molecule has 2 aromatic rings. The zero-order chi connectivity index (χ0) is 24.2. The highest BCUT2D eigenvalue weighted by molar-refractivity contribution is 5.94. The molecule has 2 aliphatic rings. The number of halogens is 1. The molecular weight excluding hydrogens is 439 g/mol. The third-order valence-corrected chi connectivity index (χ3v) is 6.74. The third-order valence-electron chi connectivity index (χ3n) is 6.74. The highest BCUT2D eigenvalue weighted by Crippen LogP contribution is 2.27. The molecule has 3 amide bonds. The number of aromatic nitrogens is 1. The number of carboxylic acid groups (broad SMARTS) is 1. The van der Waals surface area contributed by atoms with Crippen molar-refractivity contribution in [2.75, 3.05) is 19.6 Å². The first-order valence-corrected chi connectivity index (χ1v) is 11.6. The summed E-state index contributed by atoms with van der Waals surface area (Å²) in [4.78, 5) is 44.3. The molecule has 2 N–H and O–H groups in total. The van der Waals surface area contributed by atoms with Gasteiger partial charge in [-0.15, -0.1) is 0 Å². The fraction of sp³-hybridized carbons (Fsp3) is 0.440. The minimum Gasteiger partial charge on any atom is -0.465 e. The highest BCUT2D eigenvalue weighted by atomic mass is 19.1. The summed E-state index contributed by atoms with van der Waals surface area (Å²) in [7, 11) is 0. The number of pyridine rings is 1. The third kappa shape index (κ3) is 5.35. The summed E-state index contributed by atoms with van der Waals surface area (Å²) in [6, 6.07) is 9.29. The van der Waals surface area contributed by atoms with Crippen LogP contribution in [0.2, 0.25) is 0 Å². The van der Waals surface area contributed by atoms with Crippen molar-refractivity contribution < 1.29 is 23.9 Å². The molecule has 1 saturated carbocycles. The molecule has 9 heteroatoms. The quantitative estimate of drug-likeness (QED) is 0.716. The molecule has 0 radical (unpaired) electrons. The van der Waals surface area contributed by atoms with Crippen LogP contribution in [0.4, 0.5) is 9.18 Å². The molecule has 4 rings (SSSR count). The number of hydrogen-bond donors (Lipinski definition) is 2. The fourth-order valence-electron chi connectivity index (χ4n) is 4.80. The number of hydrogen-bond acceptors (Lipinski definition) is 4. The molecule has 0 spiro atoms. The van der Waals surface area contributed by atoms with Crippen LogP contribution in [0, 0.1) is 11.7 Å². The molecule has 1 aliphatic carbocycles. The van der Waals surface area contributed by atoms with E-state index in [2.05, 4.69) is 10.3 Å². The first kappa shape index (κ1) is 23.7. The highest BCUT2D eigenvalue weighted by Gasteiger charge is 2.34. The predicted octanol–water partition coefficient (Wildman–Crippen LogP) is 3.39. The summed E-state index contributed by atoms with van der Waals surface area (Å²) in [5.74, 6) is -0.568. The van der Waals surface area contributed by atoms with Gasteiger partial charge in [0.1, 0.15) is 5.82 Å². The fourth-order valence-corrected chi connectivity index (χ4v) is 4.80. The maximum Gasteiger partial charge on any atom is 0.407 e. The van der Waals surface area contributed by atoms with E-state index in [9.17, 15) is 23.9 Å². The van der Waals surface area contributed by atoms with E-state index in [1.807, 2.05) is 6.92 Å². The van der Waals surface area contributed by atoms with Crippen LogP contribution >= 0.6 is 0 Å². The largest absolute Gasteiger partial charge is 0.465 e. The van der Waals surface area contributed by atoms with E-state index < -0.39 is 6.09 Å². The average molecular weight is 469 g/mol. The van der Waals surface area contributed by atoms with Gasteiger partial charge >= 0.3 is 6.09 Å². The summed E-state index contributed by atoms with van der Waals surface area (Å²) in [6.45, 7) is 2.99. The Hall–Kier alpha value is -3.49. The van der Waals surface area contributed by atoms with Gasteiger partial charge in [0.2, 0.25) is 5.91 Å². The second kappa shape index (κ2) is 10.2. The monoisotopic (exact) mass is 468 g/mol. The Morgan fingerprint density at radius 2 is 1.85 bits per heavy atom. The Morgan fingerprint density at radius 3 is 2.47 bits per heavy atom. The molecule has 0 bridgehead atoms. The van der Waals surface area contributed by atoms with Gasteiger partial charge in [0.15, 0.2) is 0 Å². The molecule has 1 saturated heterocycles. The van der Waals surface area contributed by atoms with E-state index in [-0.39, 0.29) is 35.6 Å². The number of nitrogens with zero attached hydrogens (tertiary/aromatic N) is 3. The number of nitrogens with one attached hydrogen (secondary N) is 1. The minimum absolute atomic E-state index is 0.0118. The van der Waals surface area contributed by atoms with E-state index in [0.29, 0.717) is 62.1 Å². The second-order valence-electron chi connectivity index (χ2n) is 9.07. The van der Waals surface area contributed by atoms with Crippen molar-refractivity contribution >= 4 is 17.9 Å². The smallest absolute Gasteiger partial charge is 0.407 e. The molecule has 2 heterocycles. The van der Waals surface area contributed by atoms with Gasteiger partial charge in [-0.1, -0.05) is 12.1 Å². The molecule has 1 atom stereocenters. The van der Waals surface area contributed by atoms with Crippen LogP contribution in [0.15, 0.2) is 42.6 Å². The standard InChI is InChI=1S/C25H29FN4O4/c1-16-15-29(11-12-30(16)25(33)34)24(32)17-5-8-21(9-6-17)28-23(31)19-7-10-22(27-14-19)18-3-2-4-20(26)13-18/h2-4,7,10,13-14,16-17,21H,5-6,8-9,11-12,15H2,1H3,(H,28,31)(H,33,34)/t16-,17-,21-/m0/s1. The average Bonchev–Trinajstić information content (AvgIpc) is 2.84. The van der Waals surface area contributed by atoms with E-state index >= 15 is 0 Å². The molecule has 8 nitrogen and oxygen atoms in total. The van der Waals surface area contributed by atoms with Crippen LogP contribution in [0.25, 0.3) is 11.3 Å². The Kier molecular flexibility index (Phi) is 7.09. The van der Waals surface area contributed by atoms with Crippen molar-refractivity contribution in [3.8, 4) is 11.3 Å². The SMILES string of the molecule is C[C@H]1CN(C(=O)[C@H]2CC[C@H](NC(=O)c3ccc(-c4cccc(F)c4)nc3)CC2)CCN1C(=O)O. The van der Waals surface area contributed by atoms with E-state index in [1.165, 1.54) is 23.2 Å². The van der Waals surface area contributed by atoms with Crippen LogP contribution < -0.4 is 5.32 Å². The van der Waals surface area contributed by atoms with Crippen molar-refractivity contribution in [3.63, 3.8) is 0 Å². The Bertz CT molecular complexity index is 1050. The first-order valence-electron chi connectivity index (χ1n) is 11.6. The minimum atomic E-state index is -0.949. The van der Waals surface area contributed by atoms with Gasteiger partial charge in [0, 0.05) is 49.4 Å². The van der Waals surface area contributed by atoms with Gasteiger partial charge in [-0.2, -0.15) is 0 Å². The van der Waals surface area contributed by atoms with Crippen molar-refractivity contribution in [3.05, 3.63) is 54.0 Å². The lowest BCUT2D eigenvalue weighted by atomic mass is 9.84. The van der Waals surface area contributed by atoms with Gasteiger partial charge in [-0.05, 0) is 56.9 Å². The van der Waals surface area contributed by atoms with Crippen LogP contribution in [-0.2, 0) is 4.79 Å². The number of amides is 3. The van der Waals surface area contributed by atoms with Gasteiger partial charge in [-0.3, -0.25) is 14.6 Å². The summed E-state index contributed by atoms with van der Waals surface area (Å²) in [6.07, 6.45) is 3.34. The maximum atomic E-state index is 13.4. The Labute approximate surface area is 197 Å². The molecule has 1 aromatic heterocycles. The molecule has 0 unspecified atom stereocenters. The topological polar surface area (TPSA) is 103 Å². The molecular formula is C25H29FN4O4. The van der Waals surface area contributed by atoms with Crippen LogP contribution in [-0.4, -0.2) is 69.5 Å². The van der Waals surface area contributed by atoms with Crippen molar-refractivity contribution in [1.82, 2.24) is 20.1 Å². The zero-order valence-electron chi connectivity index (χ0n) is 19.1. The molecule has 2 fully saturated rings. The summed E-state index contributed by atoms with van der Waals surface area (Å²) >= 11 is 0. The van der Waals surface area contributed by atoms with Crippen molar-refractivity contribution in [1.29, 1.82) is 0 Å². The Balaban J connectivity index is 1.26. The van der Waals surface area contributed by atoms with E-state index in [0.717, 1.165) is 0 Å². The van der Waals surface area contributed by atoms with E-state index in [4.69, 9.17) is 0 Å². The zero-order valence-corrected chi connectivity index (χ0v) is 19.1. The molecule has 1 aliphatic heterocycles. The molecule has 180 valence electrons. The number of piperazine rings is 1. The van der Waals surface area contributed by atoms with Crippen molar-refractivity contribution in [2.24, 2.45) is 5.92 Å². The Morgan fingerprint density at radius 1 is 1.09 bits per heavy atom. The lowest BCUT2D eigenvalue weighted by Gasteiger charge is -2.40. The summed E-state index contributed by atoms with van der Waals surface area (Å²) < 4.78 is 13.4. The van der Waals surface area contributed by atoms with E-state index in [1.54, 1.807) is 29.2 Å². The van der Waals surface area contributed by atoms with Gasteiger partial charge in [-0.25, -0.2) is 9.18 Å². The predicted molar refractivity (Wildman–Crippen MR) is 124 cm³/mol. The maximum absolute atomic E-state index is 13.4. The van der Waals surface area contributed by atoms with Gasteiger partial charge in [0.25, 0.3) is 5.91 Å². The number of benzene rings is 1. The van der Waals surface area contributed by atoms with Gasteiger partial charge < -0.3 is 20.2 Å². The number of carbonyl (C=O) groups excluding carboxylic acids is 2. The summed E-state index contributed by atoms with van der Waals surface area (Å²) in [5.41, 5.74) is 1.67. The molecule has 1 aromatic carbocycles. The normalized spacial score (nSPS) is 22.8. The second-order valence-corrected chi connectivity index (χ2v) is 9.07. The van der Waals surface area contributed by atoms with Crippen LogP contribution in [0.5, 0.6) is 0 Å². The summed E-state index contributed by atoms with van der Waals surface area (Å²) in [5, 5.41) is 12.2. The number of carbonyl (C=O) groups is 3. The van der Waals surface area contributed by atoms with Crippen LogP contribution in [0.3, 0.4) is 0 Å². The molecule has 34 heavy (non-hydrogen) atoms. The van der Waals surface area contributed by atoms with Gasteiger partial charge in [0.05, 0.1) is 11.3 Å². The first-order chi connectivity index (χ1) is 16.3. The lowest BCUT2D eigenvalue weighted by Crippen LogP contribution is -2.56. The lowest BCUT2D eigenvalue weighted by molar-refractivity contribution is -0.139. The number of rotatable bonds is 4. The van der Waals surface area contributed by atoms with Crippen LogP contribution in [0.1, 0.15) is 43.0 Å². The van der Waals surface area contributed by atoms with Crippen molar-refractivity contribution in [2.45, 2.75) is 44.7 Å².